The molecule has 1 fully saturated rings. The number of rotatable bonds is 2. The van der Waals surface area contributed by atoms with Gasteiger partial charge in [0.15, 0.2) is 0 Å². The fourth-order valence-electron chi connectivity index (χ4n) is 1.89. The summed E-state index contributed by atoms with van der Waals surface area (Å²) in [5, 5.41) is 10.3. The molecule has 0 amide bonds. The van der Waals surface area contributed by atoms with Crippen molar-refractivity contribution in [2.45, 2.75) is 42.0 Å². The van der Waals surface area contributed by atoms with E-state index in [1.165, 1.54) is 12.8 Å². The van der Waals surface area contributed by atoms with Crippen LogP contribution in [0.15, 0.2) is 23.4 Å². The van der Waals surface area contributed by atoms with Gasteiger partial charge in [-0.25, -0.2) is 4.98 Å². The van der Waals surface area contributed by atoms with Crippen LogP contribution in [-0.4, -0.2) is 16.3 Å². The van der Waals surface area contributed by atoms with Gasteiger partial charge in [0.25, 0.3) is 0 Å². The molecule has 1 aliphatic carbocycles. The molecule has 0 spiro atoms. The average Bonchev–Trinajstić information content (AvgIpc) is 2.33. The number of pyridine rings is 1. The number of thioether (sulfide) groups is 1. The van der Waals surface area contributed by atoms with Crippen molar-refractivity contribution in [2.75, 3.05) is 0 Å². The lowest BCUT2D eigenvalue weighted by molar-refractivity contribution is 0.450. The normalized spacial score (nSPS) is 25.0. The SMILES string of the molecule is N#Cc1ccc(SC2CCC(N)CC2)nc1. The summed E-state index contributed by atoms with van der Waals surface area (Å²) in [7, 11) is 0. The Hall–Kier alpha value is -1.05. The lowest BCUT2D eigenvalue weighted by atomic mass is 9.96. The molecule has 0 saturated heterocycles. The van der Waals surface area contributed by atoms with Gasteiger partial charge in [0.2, 0.25) is 0 Å². The summed E-state index contributed by atoms with van der Waals surface area (Å²) in [6, 6.07) is 6.22. The molecule has 3 nitrogen and oxygen atoms in total. The summed E-state index contributed by atoms with van der Waals surface area (Å²) in [6.07, 6.45) is 6.22. The van der Waals surface area contributed by atoms with Gasteiger partial charge in [0, 0.05) is 17.5 Å². The summed E-state index contributed by atoms with van der Waals surface area (Å²) < 4.78 is 0. The standard InChI is InChI=1S/C12H15N3S/c13-7-9-1-6-12(15-8-9)16-11-4-2-10(14)3-5-11/h1,6,8,10-11H,2-5,14H2. The number of nitrogens with zero attached hydrogens (tertiary/aromatic N) is 2. The summed E-state index contributed by atoms with van der Waals surface area (Å²) in [6.45, 7) is 0. The third-order valence-corrected chi connectivity index (χ3v) is 4.16. The van der Waals surface area contributed by atoms with E-state index in [9.17, 15) is 0 Å². The Balaban J connectivity index is 1.91. The number of aromatic nitrogens is 1. The summed E-state index contributed by atoms with van der Waals surface area (Å²) in [5.74, 6) is 0. The van der Waals surface area contributed by atoms with Gasteiger partial charge in [-0.05, 0) is 37.8 Å². The molecule has 0 bridgehead atoms. The van der Waals surface area contributed by atoms with Crippen LogP contribution >= 0.6 is 11.8 Å². The van der Waals surface area contributed by atoms with Crippen LogP contribution in [0.2, 0.25) is 0 Å². The molecule has 0 aliphatic heterocycles. The number of hydrogen-bond donors (Lipinski definition) is 1. The Kier molecular flexibility index (Phi) is 3.81. The monoisotopic (exact) mass is 233 g/mol. The molecule has 1 heterocycles. The van der Waals surface area contributed by atoms with Crippen LogP contribution < -0.4 is 5.73 Å². The van der Waals surface area contributed by atoms with Gasteiger partial charge in [-0.1, -0.05) is 0 Å². The molecule has 84 valence electrons. The van der Waals surface area contributed by atoms with E-state index < -0.39 is 0 Å². The fourth-order valence-corrected chi connectivity index (χ4v) is 3.00. The zero-order chi connectivity index (χ0) is 11.4. The topological polar surface area (TPSA) is 62.7 Å². The highest BCUT2D eigenvalue weighted by Crippen LogP contribution is 2.32. The Morgan fingerprint density at radius 1 is 1.31 bits per heavy atom. The average molecular weight is 233 g/mol. The van der Waals surface area contributed by atoms with Crippen molar-refractivity contribution < 1.29 is 0 Å². The van der Waals surface area contributed by atoms with Crippen LogP contribution in [0.1, 0.15) is 31.2 Å². The molecule has 0 radical (unpaired) electrons. The van der Waals surface area contributed by atoms with Gasteiger partial charge in [0.05, 0.1) is 10.6 Å². The van der Waals surface area contributed by atoms with Crippen molar-refractivity contribution in [3.05, 3.63) is 23.9 Å². The highest BCUT2D eigenvalue weighted by Gasteiger charge is 2.19. The molecule has 2 rings (SSSR count). The predicted octanol–water partition coefficient (Wildman–Crippen LogP) is 2.32. The molecule has 1 aromatic rings. The highest BCUT2D eigenvalue weighted by molar-refractivity contribution is 7.99. The zero-order valence-electron chi connectivity index (χ0n) is 9.10. The fraction of sp³-hybridized carbons (Fsp3) is 0.500. The first-order chi connectivity index (χ1) is 7.78. The maximum atomic E-state index is 8.67. The highest BCUT2D eigenvalue weighted by atomic mass is 32.2. The molecule has 0 atom stereocenters. The van der Waals surface area contributed by atoms with Crippen LogP contribution in [0.5, 0.6) is 0 Å². The summed E-state index contributed by atoms with van der Waals surface area (Å²) in [4.78, 5) is 4.27. The third-order valence-electron chi connectivity index (χ3n) is 2.87. The lowest BCUT2D eigenvalue weighted by Gasteiger charge is -2.25. The largest absolute Gasteiger partial charge is 0.328 e. The molecule has 0 aromatic carbocycles. The molecule has 1 aliphatic rings. The number of nitrogens with two attached hydrogens (primary N) is 1. The van der Waals surface area contributed by atoms with Crippen molar-refractivity contribution >= 4 is 11.8 Å². The lowest BCUT2D eigenvalue weighted by Crippen LogP contribution is -2.27. The molecular formula is C12H15N3S. The van der Waals surface area contributed by atoms with Crippen LogP contribution in [0.3, 0.4) is 0 Å². The van der Waals surface area contributed by atoms with Crippen molar-refractivity contribution in [1.29, 1.82) is 5.26 Å². The molecule has 2 N–H and O–H groups in total. The van der Waals surface area contributed by atoms with E-state index in [1.54, 1.807) is 6.20 Å². The van der Waals surface area contributed by atoms with Crippen molar-refractivity contribution in [3.8, 4) is 6.07 Å². The minimum absolute atomic E-state index is 0.394. The summed E-state index contributed by atoms with van der Waals surface area (Å²) >= 11 is 1.81. The van der Waals surface area contributed by atoms with Crippen molar-refractivity contribution in [1.82, 2.24) is 4.98 Å². The first-order valence-corrected chi connectivity index (χ1v) is 6.44. The van der Waals surface area contributed by atoms with Gasteiger partial charge in [-0.15, -0.1) is 11.8 Å². The third kappa shape index (κ3) is 2.97. The van der Waals surface area contributed by atoms with Gasteiger partial charge in [-0.3, -0.25) is 0 Å². The Morgan fingerprint density at radius 2 is 2.06 bits per heavy atom. The van der Waals surface area contributed by atoms with E-state index in [0.717, 1.165) is 17.9 Å². The van der Waals surface area contributed by atoms with E-state index >= 15 is 0 Å². The molecular weight excluding hydrogens is 218 g/mol. The van der Waals surface area contributed by atoms with Gasteiger partial charge in [-0.2, -0.15) is 5.26 Å². The van der Waals surface area contributed by atoms with Crippen LogP contribution in [-0.2, 0) is 0 Å². The Labute approximate surface area is 100 Å². The first kappa shape index (κ1) is 11.4. The van der Waals surface area contributed by atoms with E-state index in [0.29, 0.717) is 16.9 Å². The maximum Gasteiger partial charge on any atom is 0.101 e. The van der Waals surface area contributed by atoms with E-state index in [1.807, 2.05) is 23.9 Å². The molecule has 16 heavy (non-hydrogen) atoms. The van der Waals surface area contributed by atoms with E-state index in [2.05, 4.69) is 11.1 Å². The first-order valence-electron chi connectivity index (χ1n) is 5.56. The van der Waals surface area contributed by atoms with Crippen LogP contribution in [0.25, 0.3) is 0 Å². The minimum atomic E-state index is 0.394. The van der Waals surface area contributed by atoms with E-state index in [4.69, 9.17) is 11.0 Å². The smallest absolute Gasteiger partial charge is 0.101 e. The van der Waals surface area contributed by atoms with Gasteiger partial charge < -0.3 is 5.73 Å². The summed E-state index contributed by atoms with van der Waals surface area (Å²) in [5.41, 5.74) is 6.49. The van der Waals surface area contributed by atoms with Crippen LogP contribution in [0.4, 0.5) is 0 Å². The minimum Gasteiger partial charge on any atom is -0.328 e. The molecule has 0 unspecified atom stereocenters. The number of nitriles is 1. The Morgan fingerprint density at radius 3 is 2.62 bits per heavy atom. The quantitative estimate of drug-likeness (QED) is 0.851. The van der Waals surface area contributed by atoms with Gasteiger partial charge in [0.1, 0.15) is 6.07 Å². The second kappa shape index (κ2) is 5.33. The molecule has 4 heteroatoms. The predicted molar refractivity (Wildman–Crippen MR) is 65.0 cm³/mol. The molecule has 1 aromatic heterocycles. The van der Waals surface area contributed by atoms with Crippen molar-refractivity contribution in [3.63, 3.8) is 0 Å². The van der Waals surface area contributed by atoms with E-state index in [-0.39, 0.29) is 0 Å². The zero-order valence-corrected chi connectivity index (χ0v) is 9.91. The van der Waals surface area contributed by atoms with Crippen LogP contribution in [0, 0.1) is 11.3 Å². The second-order valence-corrected chi connectivity index (χ2v) is 5.47. The molecule has 1 saturated carbocycles. The Bertz CT molecular complexity index is 374. The second-order valence-electron chi connectivity index (χ2n) is 4.15. The van der Waals surface area contributed by atoms with Crippen molar-refractivity contribution in [2.24, 2.45) is 5.73 Å². The number of hydrogen-bond acceptors (Lipinski definition) is 4. The maximum absolute atomic E-state index is 8.67. The van der Waals surface area contributed by atoms with Gasteiger partial charge >= 0.3 is 0 Å².